The van der Waals surface area contributed by atoms with Crippen molar-refractivity contribution in [2.45, 2.75) is 38.3 Å². The molecule has 0 heterocycles. The van der Waals surface area contributed by atoms with E-state index in [2.05, 4.69) is 10.6 Å². The number of hydrogen-bond donors (Lipinski definition) is 3. The Kier molecular flexibility index (Phi) is 5.12. The molecule has 1 saturated carbocycles. The molecule has 1 aliphatic carbocycles. The Balaban J connectivity index is 1.58. The van der Waals surface area contributed by atoms with Gasteiger partial charge in [0.15, 0.2) is 0 Å². The Hall–Kier alpha value is -1.88. The number of hydrogen-bond acceptors (Lipinski definition) is 3. The van der Waals surface area contributed by atoms with Crippen molar-refractivity contribution < 1.29 is 14.7 Å². The number of rotatable bonds is 8. The van der Waals surface area contributed by atoms with Crippen LogP contribution in [0.25, 0.3) is 0 Å². The number of carboxylic acid groups (broad SMARTS) is 1. The van der Waals surface area contributed by atoms with Gasteiger partial charge < -0.3 is 15.7 Å². The second-order valence-electron chi connectivity index (χ2n) is 5.12. The van der Waals surface area contributed by atoms with E-state index in [0.717, 1.165) is 31.4 Å². The van der Waals surface area contributed by atoms with Gasteiger partial charge in [0.2, 0.25) is 5.91 Å². The fourth-order valence-electron chi connectivity index (χ4n) is 1.90. The predicted molar refractivity (Wildman–Crippen MR) is 75.5 cm³/mol. The first-order valence-corrected chi connectivity index (χ1v) is 6.97. The molecule has 0 unspecified atom stereocenters. The minimum absolute atomic E-state index is 0.139. The van der Waals surface area contributed by atoms with Gasteiger partial charge in [-0.3, -0.25) is 4.79 Å². The van der Waals surface area contributed by atoms with E-state index >= 15 is 0 Å². The number of nitrogens with one attached hydrogen (secondary N) is 2. The third kappa shape index (κ3) is 5.01. The third-order valence-electron chi connectivity index (χ3n) is 3.23. The zero-order valence-electron chi connectivity index (χ0n) is 11.4. The molecule has 0 saturated heterocycles. The lowest BCUT2D eigenvalue weighted by atomic mass is 10.1. The maximum absolute atomic E-state index is 11.4. The quantitative estimate of drug-likeness (QED) is 0.629. The molecule has 1 fully saturated rings. The van der Waals surface area contributed by atoms with Crippen LogP contribution in [-0.2, 0) is 11.3 Å². The van der Waals surface area contributed by atoms with Crippen molar-refractivity contribution in [2.24, 2.45) is 0 Å². The first-order valence-electron chi connectivity index (χ1n) is 6.97. The van der Waals surface area contributed by atoms with Crippen LogP contribution in [0, 0.1) is 0 Å². The van der Waals surface area contributed by atoms with E-state index < -0.39 is 5.97 Å². The Morgan fingerprint density at radius 3 is 2.50 bits per heavy atom. The van der Waals surface area contributed by atoms with E-state index in [1.165, 1.54) is 0 Å². The van der Waals surface area contributed by atoms with Crippen LogP contribution in [0.2, 0.25) is 0 Å². The van der Waals surface area contributed by atoms with Crippen LogP contribution in [0.1, 0.15) is 41.6 Å². The predicted octanol–water partition coefficient (Wildman–Crippen LogP) is 1.53. The topological polar surface area (TPSA) is 78.4 Å². The molecule has 0 aromatic heterocycles. The Morgan fingerprint density at radius 2 is 1.90 bits per heavy atom. The molecule has 0 atom stereocenters. The van der Waals surface area contributed by atoms with Crippen molar-refractivity contribution in [2.75, 3.05) is 6.54 Å². The molecule has 108 valence electrons. The molecule has 0 bridgehead atoms. The van der Waals surface area contributed by atoms with Crippen molar-refractivity contribution >= 4 is 11.9 Å². The van der Waals surface area contributed by atoms with Crippen molar-refractivity contribution in [3.8, 4) is 0 Å². The molecule has 2 rings (SSSR count). The van der Waals surface area contributed by atoms with Gasteiger partial charge in [-0.2, -0.15) is 0 Å². The summed E-state index contributed by atoms with van der Waals surface area (Å²) in [4.78, 5) is 22.1. The van der Waals surface area contributed by atoms with Crippen molar-refractivity contribution in [1.29, 1.82) is 0 Å². The third-order valence-corrected chi connectivity index (χ3v) is 3.23. The van der Waals surface area contributed by atoms with E-state index in [1.54, 1.807) is 24.3 Å². The Labute approximate surface area is 118 Å². The van der Waals surface area contributed by atoms with Crippen molar-refractivity contribution in [1.82, 2.24) is 10.6 Å². The lowest BCUT2D eigenvalue weighted by Gasteiger charge is -2.06. The monoisotopic (exact) mass is 276 g/mol. The first-order chi connectivity index (χ1) is 9.65. The van der Waals surface area contributed by atoms with Gasteiger partial charge in [-0.15, -0.1) is 0 Å². The summed E-state index contributed by atoms with van der Waals surface area (Å²) in [6.45, 7) is 1.46. The standard InChI is InChI=1S/C15H20N2O3/c18-14(17-13-7-8-13)2-1-9-16-10-11-3-5-12(6-4-11)15(19)20/h3-6,13,16H,1-2,7-10H2,(H,17,18)(H,19,20). The highest BCUT2D eigenvalue weighted by molar-refractivity contribution is 5.87. The maximum Gasteiger partial charge on any atom is 0.335 e. The van der Waals surface area contributed by atoms with Crippen LogP contribution < -0.4 is 10.6 Å². The van der Waals surface area contributed by atoms with Crippen LogP contribution in [0.4, 0.5) is 0 Å². The smallest absolute Gasteiger partial charge is 0.335 e. The van der Waals surface area contributed by atoms with Gasteiger partial charge in [0, 0.05) is 19.0 Å². The van der Waals surface area contributed by atoms with E-state index in [0.29, 0.717) is 24.6 Å². The fraction of sp³-hybridized carbons (Fsp3) is 0.467. The average molecular weight is 276 g/mol. The number of benzene rings is 1. The molecule has 1 amide bonds. The molecule has 20 heavy (non-hydrogen) atoms. The van der Waals surface area contributed by atoms with E-state index in [4.69, 9.17) is 5.11 Å². The Bertz CT molecular complexity index is 467. The fourth-order valence-corrected chi connectivity index (χ4v) is 1.90. The van der Waals surface area contributed by atoms with Gasteiger partial charge in [-0.1, -0.05) is 12.1 Å². The summed E-state index contributed by atoms with van der Waals surface area (Å²) in [6.07, 6.45) is 3.61. The van der Waals surface area contributed by atoms with E-state index in [1.807, 2.05) is 0 Å². The second-order valence-corrected chi connectivity index (χ2v) is 5.12. The zero-order valence-corrected chi connectivity index (χ0v) is 11.4. The van der Waals surface area contributed by atoms with Crippen molar-refractivity contribution in [3.63, 3.8) is 0 Å². The molecule has 3 N–H and O–H groups in total. The molecule has 1 aliphatic rings. The van der Waals surface area contributed by atoms with E-state index in [9.17, 15) is 9.59 Å². The average Bonchev–Trinajstić information content (AvgIpc) is 3.22. The number of carbonyl (C=O) groups excluding carboxylic acids is 1. The van der Waals surface area contributed by atoms with Crippen LogP contribution in [-0.4, -0.2) is 29.6 Å². The van der Waals surface area contributed by atoms with Crippen LogP contribution in [0.5, 0.6) is 0 Å². The number of aromatic carboxylic acids is 1. The van der Waals surface area contributed by atoms with Gasteiger partial charge in [-0.25, -0.2) is 4.79 Å². The highest BCUT2D eigenvalue weighted by Crippen LogP contribution is 2.18. The van der Waals surface area contributed by atoms with Crippen LogP contribution >= 0.6 is 0 Å². The molecule has 5 heteroatoms. The lowest BCUT2D eigenvalue weighted by molar-refractivity contribution is -0.121. The zero-order chi connectivity index (χ0) is 14.4. The summed E-state index contributed by atoms with van der Waals surface area (Å²) in [6, 6.07) is 7.24. The van der Waals surface area contributed by atoms with Gasteiger partial charge in [0.05, 0.1) is 5.56 Å². The normalized spacial score (nSPS) is 14.0. The molecule has 0 aliphatic heterocycles. The highest BCUT2D eigenvalue weighted by Gasteiger charge is 2.22. The number of amides is 1. The van der Waals surface area contributed by atoms with Crippen molar-refractivity contribution in [3.05, 3.63) is 35.4 Å². The van der Waals surface area contributed by atoms with Crippen LogP contribution in [0.15, 0.2) is 24.3 Å². The molecule has 5 nitrogen and oxygen atoms in total. The second kappa shape index (κ2) is 7.05. The van der Waals surface area contributed by atoms with E-state index in [-0.39, 0.29) is 5.91 Å². The first kappa shape index (κ1) is 14.5. The van der Waals surface area contributed by atoms with Gasteiger partial charge in [0.1, 0.15) is 0 Å². The van der Waals surface area contributed by atoms with Gasteiger partial charge in [-0.05, 0) is 43.5 Å². The lowest BCUT2D eigenvalue weighted by Crippen LogP contribution is -2.26. The largest absolute Gasteiger partial charge is 0.478 e. The number of carboxylic acids is 1. The highest BCUT2D eigenvalue weighted by atomic mass is 16.4. The Morgan fingerprint density at radius 1 is 1.20 bits per heavy atom. The summed E-state index contributed by atoms with van der Waals surface area (Å²) < 4.78 is 0. The molecular weight excluding hydrogens is 256 g/mol. The summed E-state index contributed by atoms with van der Waals surface area (Å²) in [5.74, 6) is -0.772. The molecule has 1 aromatic rings. The minimum Gasteiger partial charge on any atom is -0.478 e. The van der Waals surface area contributed by atoms with Crippen LogP contribution in [0.3, 0.4) is 0 Å². The number of carbonyl (C=O) groups is 2. The summed E-state index contributed by atoms with van der Waals surface area (Å²) in [5.41, 5.74) is 1.34. The SMILES string of the molecule is O=C(CCCNCc1ccc(C(=O)O)cc1)NC1CC1. The summed E-state index contributed by atoms with van der Waals surface area (Å²) in [5, 5.41) is 15.0. The maximum atomic E-state index is 11.4. The van der Waals surface area contributed by atoms with Gasteiger partial charge in [0.25, 0.3) is 0 Å². The molecule has 0 radical (unpaired) electrons. The molecule has 1 aromatic carbocycles. The summed E-state index contributed by atoms with van der Waals surface area (Å²) >= 11 is 0. The van der Waals surface area contributed by atoms with Gasteiger partial charge >= 0.3 is 5.97 Å². The molecular formula is C15H20N2O3. The summed E-state index contributed by atoms with van der Waals surface area (Å²) in [7, 11) is 0. The molecule has 0 spiro atoms. The minimum atomic E-state index is -0.911.